The Bertz CT molecular complexity index is 1530. The van der Waals surface area contributed by atoms with Gasteiger partial charge in [-0.25, -0.2) is 0 Å². The van der Waals surface area contributed by atoms with E-state index in [1.807, 2.05) is 53.1 Å². The molecule has 0 radical (unpaired) electrons. The molecule has 0 aliphatic rings. The van der Waals surface area contributed by atoms with Gasteiger partial charge in [0.25, 0.3) is 0 Å². The number of hydrogen-bond acceptors (Lipinski definition) is 0. The second kappa shape index (κ2) is 10.0. The van der Waals surface area contributed by atoms with E-state index in [1.54, 1.807) is 24.3 Å². The molecule has 188 valence electrons. The summed E-state index contributed by atoms with van der Waals surface area (Å²) in [6.45, 7) is 6.72. The lowest BCUT2D eigenvalue weighted by Gasteiger charge is -2.17. The minimum Gasteiger partial charge on any atom is -0.309 e. The molecule has 0 amide bonds. The van der Waals surface area contributed by atoms with E-state index in [0.717, 1.165) is 21.8 Å². The molecule has 0 aliphatic carbocycles. The first kappa shape index (κ1) is 25.8. The van der Waals surface area contributed by atoms with E-state index >= 15 is 0 Å². The van der Waals surface area contributed by atoms with Crippen LogP contribution in [0.1, 0.15) is 11.1 Å². The van der Waals surface area contributed by atoms with Crippen LogP contribution in [0.4, 0.5) is 26.3 Å². The molecule has 0 spiro atoms. The Morgan fingerprint density at radius 3 is 1.68 bits per heavy atom. The third kappa shape index (κ3) is 5.16. The summed E-state index contributed by atoms with van der Waals surface area (Å²) in [4.78, 5) is 0. The van der Waals surface area contributed by atoms with Gasteiger partial charge in [0, 0.05) is 16.5 Å². The lowest BCUT2D eigenvalue weighted by atomic mass is 9.96. The quantitative estimate of drug-likeness (QED) is 0.168. The number of nitrogens with zero attached hydrogens (tertiary/aromatic N) is 1. The van der Waals surface area contributed by atoms with Crippen LogP contribution < -0.4 is 0 Å². The molecule has 0 atom stereocenters. The first-order valence-electron chi connectivity index (χ1n) is 11.2. The zero-order valence-electron chi connectivity index (χ0n) is 19.4. The number of alkyl halides is 6. The second-order valence-electron chi connectivity index (χ2n) is 8.15. The SMILES string of the molecule is C=CC=C.FC(F)(F)c1ccc(C(F)(F)F)c(-c2cccc(-n3c4ccccc4c4ccccc43)c2)c1. The summed E-state index contributed by atoms with van der Waals surface area (Å²) in [5, 5.41) is 1.93. The van der Waals surface area contributed by atoms with Crippen molar-refractivity contribution in [1.82, 2.24) is 4.57 Å². The number of para-hydroxylation sites is 2. The molecule has 1 nitrogen and oxygen atoms in total. The van der Waals surface area contributed by atoms with Gasteiger partial charge in [0.15, 0.2) is 0 Å². The Kier molecular flexibility index (Phi) is 6.99. The Morgan fingerprint density at radius 2 is 1.16 bits per heavy atom. The van der Waals surface area contributed by atoms with Crippen molar-refractivity contribution in [2.24, 2.45) is 0 Å². The molecule has 37 heavy (non-hydrogen) atoms. The van der Waals surface area contributed by atoms with Crippen molar-refractivity contribution in [3.8, 4) is 16.8 Å². The van der Waals surface area contributed by atoms with Gasteiger partial charge < -0.3 is 4.57 Å². The highest BCUT2D eigenvalue weighted by Gasteiger charge is 2.37. The fraction of sp³-hybridized carbons (Fsp3) is 0.0667. The van der Waals surface area contributed by atoms with Crippen LogP contribution >= 0.6 is 0 Å². The van der Waals surface area contributed by atoms with Gasteiger partial charge in [-0.1, -0.05) is 73.8 Å². The Morgan fingerprint density at radius 1 is 0.595 bits per heavy atom. The van der Waals surface area contributed by atoms with Crippen molar-refractivity contribution in [2.45, 2.75) is 12.4 Å². The summed E-state index contributed by atoms with van der Waals surface area (Å²) in [7, 11) is 0. The average Bonchev–Trinajstić information content (AvgIpc) is 3.22. The number of benzene rings is 4. The van der Waals surface area contributed by atoms with Crippen LogP contribution in [0.2, 0.25) is 0 Å². The standard InChI is InChI=1S/C26H15F6N.C4H6/c27-25(28,29)17-12-13-22(26(30,31)32)21(15-17)16-6-5-7-18(14-16)33-23-10-3-1-8-19(23)20-9-2-4-11-24(20)33;1-3-4-2/h1-15H;3-4H,1-2H2. The molecule has 0 saturated heterocycles. The molecule has 0 fully saturated rings. The van der Waals surface area contributed by atoms with Crippen molar-refractivity contribution < 1.29 is 26.3 Å². The minimum atomic E-state index is -4.80. The van der Waals surface area contributed by atoms with Crippen LogP contribution in [0.15, 0.2) is 116 Å². The van der Waals surface area contributed by atoms with Crippen molar-refractivity contribution in [2.75, 3.05) is 0 Å². The van der Waals surface area contributed by atoms with Crippen LogP contribution in [-0.2, 0) is 12.4 Å². The first-order chi connectivity index (χ1) is 17.6. The fourth-order valence-electron chi connectivity index (χ4n) is 4.22. The van der Waals surface area contributed by atoms with E-state index in [-0.39, 0.29) is 5.56 Å². The number of hydrogen-bond donors (Lipinski definition) is 0. The minimum absolute atomic E-state index is 0.0489. The van der Waals surface area contributed by atoms with Gasteiger partial charge >= 0.3 is 12.4 Å². The van der Waals surface area contributed by atoms with Crippen LogP contribution in [0.5, 0.6) is 0 Å². The molecular weight excluding hydrogens is 488 g/mol. The highest BCUT2D eigenvalue weighted by molar-refractivity contribution is 6.09. The molecule has 0 bridgehead atoms. The molecule has 0 N–H and O–H groups in total. The predicted molar refractivity (Wildman–Crippen MR) is 137 cm³/mol. The smallest absolute Gasteiger partial charge is 0.309 e. The first-order valence-corrected chi connectivity index (χ1v) is 11.2. The summed E-state index contributed by atoms with van der Waals surface area (Å²) >= 11 is 0. The predicted octanol–water partition coefficient (Wildman–Crippen LogP) is 9.85. The summed E-state index contributed by atoms with van der Waals surface area (Å²) < 4.78 is 82.7. The monoisotopic (exact) mass is 509 g/mol. The number of fused-ring (bicyclic) bond motifs is 3. The normalized spacial score (nSPS) is 11.7. The van der Waals surface area contributed by atoms with Gasteiger partial charge in [0.05, 0.1) is 22.2 Å². The van der Waals surface area contributed by atoms with Crippen molar-refractivity contribution in [3.63, 3.8) is 0 Å². The van der Waals surface area contributed by atoms with Crippen LogP contribution in [0.3, 0.4) is 0 Å². The molecule has 1 aromatic heterocycles. The molecule has 5 aromatic rings. The average molecular weight is 509 g/mol. The molecular formula is C30H21F6N. The second-order valence-corrected chi connectivity index (χ2v) is 8.15. The largest absolute Gasteiger partial charge is 0.417 e. The van der Waals surface area contributed by atoms with Gasteiger partial charge in [-0.05, 0) is 53.6 Å². The molecule has 1 heterocycles. The topological polar surface area (TPSA) is 4.93 Å². The summed E-state index contributed by atoms with van der Waals surface area (Å²) in [6.07, 6.45) is -6.29. The third-order valence-corrected chi connectivity index (χ3v) is 5.81. The molecule has 0 unspecified atom stereocenters. The molecule has 5 rings (SSSR count). The van der Waals surface area contributed by atoms with E-state index in [9.17, 15) is 26.3 Å². The van der Waals surface area contributed by atoms with Gasteiger partial charge in [-0.2, -0.15) is 26.3 Å². The number of halogens is 6. The van der Waals surface area contributed by atoms with Crippen molar-refractivity contribution in [1.29, 1.82) is 0 Å². The molecule has 0 aliphatic heterocycles. The van der Waals surface area contributed by atoms with Gasteiger partial charge in [-0.15, -0.1) is 0 Å². The fourth-order valence-corrected chi connectivity index (χ4v) is 4.22. The number of aromatic nitrogens is 1. The van der Waals surface area contributed by atoms with Gasteiger partial charge in [0.2, 0.25) is 0 Å². The number of allylic oxidation sites excluding steroid dienone is 2. The van der Waals surface area contributed by atoms with E-state index < -0.39 is 29.0 Å². The maximum Gasteiger partial charge on any atom is 0.417 e. The van der Waals surface area contributed by atoms with Crippen LogP contribution in [-0.4, -0.2) is 4.57 Å². The highest BCUT2D eigenvalue weighted by atomic mass is 19.4. The van der Waals surface area contributed by atoms with E-state index in [2.05, 4.69) is 13.2 Å². The summed E-state index contributed by atoms with van der Waals surface area (Å²) in [5.74, 6) is 0. The molecule has 0 saturated carbocycles. The summed E-state index contributed by atoms with van der Waals surface area (Å²) in [6, 6.07) is 22.9. The Balaban J connectivity index is 0.000000747. The molecule has 4 aromatic carbocycles. The van der Waals surface area contributed by atoms with E-state index in [4.69, 9.17) is 0 Å². The maximum atomic E-state index is 13.7. The maximum absolute atomic E-state index is 13.7. The van der Waals surface area contributed by atoms with Gasteiger partial charge in [0.1, 0.15) is 0 Å². The van der Waals surface area contributed by atoms with E-state index in [0.29, 0.717) is 23.9 Å². The van der Waals surface area contributed by atoms with E-state index in [1.165, 1.54) is 12.1 Å². The number of rotatable bonds is 3. The van der Waals surface area contributed by atoms with Gasteiger partial charge in [-0.3, -0.25) is 0 Å². The Hall–Kier alpha value is -4.26. The van der Waals surface area contributed by atoms with Crippen LogP contribution in [0.25, 0.3) is 38.6 Å². The zero-order chi connectivity index (χ0) is 26.8. The Labute approximate surface area is 209 Å². The van der Waals surface area contributed by atoms with Crippen molar-refractivity contribution >= 4 is 21.8 Å². The molecule has 7 heteroatoms. The lowest BCUT2D eigenvalue weighted by Crippen LogP contribution is -2.11. The zero-order valence-corrected chi connectivity index (χ0v) is 19.4. The summed E-state index contributed by atoms with van der Waals surface area (Å²) in [5.41, 5.74) is -0.474. The van der Waals surface area contributed by atoms with Crippen LogP contribution in [0, 0.1) is 0 Å². The lowest BCUT2D eigenvalue weighted by molar-refractivity contribution is -0.141. The highest BCUT2D eigenvalue weighted by Crippen LogP contribution is 2.41. The third-order valence-electron chi connectivity index (χ3n) is 5.81. The van der Waals surface area contributed by atoms with Crippen molar-refractivity contribution in [3.05, 3.63) is 127 Å².